The number of alkyl halides is 2. The normalized spacial score (nSPS) is 21.6. The van der Waals surface area contributed by atoms with Crippen molar-refractivity contribution in [1.82, 2.24) is 5.32 Å². The fourth-order valence-electron chi connectivity index (χ4n) is 2.17. The highest BCUT2D eigenvalue weighted by Gasteiger charge is 2.17. The summed E-state index contributed by atoms with van der Waals surface area (Å²) in [7, 11) is 0. The molecule has 2 N–H and O–H groups in total. The average Bonchev–Trinajstić information content (AvgIpc) is 2.92. The standard InChI is InChI=1S/C15H19F2NO2/c16-15(17)10-20-14-5-2-11(3-6-14)8-18-13-4-1-12(7-13)9-19/h1-6,12-13,15,18-19H,7-10H2/t12-,13+/m0/s1. The van der Waals surface area contributed by atoms with Gasteiger partial charge < -0.3 is 15.2 Å². The quantitative estimate of drug-likeness (QED) is 0.755. The predicted molar refractivity (Wildman–Crippen MR) is 72.9 cm³/mol. The van der Waals surface area contributed by atoms with Crippen LogP contribution in [0.1, 0.15) is 12.0 Å². The van der Waals surface area contributed by atoms with Gasteiger partial charge in [0.1, 0.15) is 12.4 Å². The number of hydrogen-bond donors (Lipinski definition) is 2. The van der Waals surface area contributed by atoms with E-state index < -0.39 is 13.0 Å². The van der Waals surface area contributed by atoms with Gasteiger partial charge in [-0.3, -0.25) is 0 Å². The van der Waals surface area contributed by atoms with Gasteiger partial charge in [-0.1, -0.05) is 24.3 Å². The van der Waals surface area contributed by atoms with E-state index in [1.807, 2.05) is 18.2 Å². The largest absolute Gasteiger partial charge is 0.488 e. The van der Waals surface area contributed by atoms with Gasteiger partial charge in [-0.2, -0.15) is 0 Å². The molecule has 1 aliphatic rings. The van der Waals surface area contributed by atoms with Crippen LogP contribution < -0.4 is 10.1 Å². The molecular formula is C15H19F2NO2. The Hall–Kier alpha value is -1.46. The molecule has 1 aromatic rings. The van der Waals surface area contributed by atoms with E-state index in [2.05, 4.69) is 11.4 Å². The van der Waals surface area contributed by atoms with E-state index in [0.29, 0.717) is 12.3 Å². The molecule has 0 unspecified atom stereocenters. The summed E-state index contributed by atoms with van der Waals surface area (Å²) >= 11 is 0. The molecule has 5 heteroatoms. The number of rotatable bonds is 7. The van der Waals surface area contributed by atoms with E-state index in [1.54, 1.807) is 12.1 Å². The molecule has 0 aromatic heterocycles. The van der Waals surface area contributed by atoms with Gasteiger partial charge in [0.15, 0.2) is 0 Å². The third kappa shape index (κ3) is 4.58. The van der Waals surface area contributed by atoms with Crippen molar-refractivity contribution in [3.05, 3.63) is 42.0 Å². The van der Waals surface area contributed by atoms with Gasteiger partial charge in [0.05, 0.1) is 0 Å². The van der Waals surface area contributed by atoms with Crippen molar-refractivity contribution < 1.29 is 18.6 Å². The number of benzene rings is 1. The second-order valence-corrected chi connectivity index (χ2v) is 4.90. The number of aliphatic hydroxyl groups is 1. The molecule has 0 fully saturated rings. The van der Waals surface area contributed by atoms with Crippen molar-refractivity contribution in [3.63, 3.8) is 0 Å². The first-order valence-corrected chi connectivity index (χ1v) is 6.70. The Morgan fingerprint density at radius 1 is 1.25 bits per heavy atom. The molecule has 2 rings (SSSR count). The summed E-state index contributed by atoms with van der Waals surface area (Å²) in [5.41, 5.74) is 1.07. The monoisotopic (exact) mass is 283 g/mol. The molecule has 0 radical (unpaired) electrons. The molecule has 1 aromatic carbocycles. The van der Waals surface area contributed by atoms with Crippen LogP contribution >= 0.6 is 0 Å². The highest BCUT2D eigenvalue weighted by Crippen LogP contribution is 2.18. The van der Waals surface area contributed by atoms with Crippen LogP contribution in [0.15, 0.2) is 36.4 Å². The minimum atomic E-state index is -2.45. The fourth-order valence-corrected chi connectivity index (χ4v) is 2.17. The van der Waals surface area contributed by atoms with Crippen molar-refractivity contribution >= 4 is 0 Å². The summed E-state index contributed by atoms with van der Waals surface area (Å²) in [6.45, 7) is 0.306. The molecular weight excluding hydrogens is 264 g/mol. The number of ether oxygens (including phenoxy) is 1. The first-order chi connectivity index (χ1) is 9.67. The number of halogens is 2. The summed E-state index contributed by atoms with van der Waals surface area (Å²) in [6, 6.07) is 7.38. The Bertz CT molecular complexity index is 434. The molecule has 20 heavy (non-hydrogen) atoms. The molecule has 0 saturated carbocycles. The second-order valence-electron chi connectivity index (χ2n) is 4.90. The van der Waals surface area contributed by atoms with E-state index in [9.17, 15) is 8.78 Å². The van der Waals surface area contributed by atoms with Gasteiger partial charge in [0, 0.05) is 25.1 Å². The molecule has 0 aliphatic heterocycles. The Morgan fingerprint density at radius 2 is 2.00 bits per heavy atom. The molecule has 2 atom stereocenters. The van der Waals surface area contributed by atoms with Crippen molar-refractivity contribution in [3.8, 4) is 5.75 Å². The van der Waals surface area contributed by atoms with Crippen LogP contribution in [-0.2, 0) is 6.54 Å². The lowest BCUT2D eigenvalue weighted by molar-refractivity contribution is 0.0819. The SMILES string of the molecule is OC[C@H]1C=C[C@@H](NCc2ccc(OCC(F)F)cc2)C1. The van der Waals surface area contributed by atoms with Crippen LogP contribution in [-0.4, -0.2) is 30.8 Å². The first-order valence-electron chi connectivity index (χ1n) is 6.70. The van der Waals surface area contributed by atoms with E-state index in [4.69, 9.17) is 9.84 Å². The zero-order valence-electron chi connectivity index (χ0n) is 11.1. The molecule has 0 saturated heterocycles. The predicted octanol–water partition coefficient (Wildman–Crippen LogP) is 2.36. The maximum absolute atomic E-state index is 12.0. The minimum Gasteiger partial charge on any atom is -0.488 e. The third-order valence-corrected chi connectivity index (χ3v) is 3.27. The zero-order chi connectivity index (χ0) is 14.4. The van der Waals surface area contributed by atoms with Crippen molar-refractivity contribution in [2.75, 3.05) is 13.2 Å². The summed E-state index contributed by atoms with van der Waals surface area (Å²) in [4.78, 5) is 0. The van der Waals surface area contributed by atoms with Crippen LogP contribution in [0.5, 0.6) is 5.75 Å². The lowest BCUT2D eigenvalue weighted by Crippen LogP contribution is -2.26. The average molecular weight is 283 g/mol. The van der Waals surface area contributed by atoms with E-state index >= 15 is 0 Å². The maximum Gasteiger partial charge on any atom is 0.272 e. The third-order valence-electron chi connectivity index (χ3n) is 3.27. The van der Waals surface area contributed by atoms with Crippen molar-refractivity contribution in [1.29, 1.82) is 0 Å². The van der Waals surface area contributed by atoms with Crippen LogP contribution in [0, 0.1) is 5.92 Å². The highest BCUT2D eigenvalue weighted by atomic mass is 19.3. The smallest absolute Gasteiger partial charge is 0.272 e. The fraction of sp³-hybridized carbons (Fsp3) is 0.467. The molecule has 0 spiro atoms. The van der Waals surface area contributed by atoms with E-state index in [1.165, 1.54) is 0 Å². The molecule has 0 heterocycles. The van der Waals surface area contributed by atoms with Gasteiger partial charge >= 0.3 is 0 Å². The molecule has 1 aliphatic carbocycles. The lowest BCUT2D eigenvalue weighted by atomic mass is 10.1. The summed E-state index contributed by atoms with van der Waals surface area (Å²) in [6.07, 6.45) is 2.55. The Balaban J connectivity index is 1.75. The van der Waals surface area contributed by atoms with Gasteiger partial charge in [0.25, 0.3) is 6.43 Å². The lowest BCUT2D eigenvalue weighted by Gasteiger charge is -2.13. The van der Waals surface area contributed by atoms with Crippen LogP contribution in [0.3, 0.4) is 0 Å². The van der Waals surface area contributed by atoms with Crippen LogP contribution in [0.2, 0.25) is 0 Å². The summed E-state index contributed by atoms with van der Waals surface area (Å²) in [5, 5.41) is 12.4. The summed E-state index contributed by atoms with van der Waals surface area (Å²) < 4.78 is 28.9. The maximum atomic E-state index is 12.0. The van der Waals surface area contributed by atoms with Crippen molar-refractivity contribution in [2.45, 2.75) is 25.4 Å². The molecule has 0 amide bonds. The van der Waals surface area contributed by atoms with Gasteiger partial charge in [-0.25, -0.2) is 8.78 Å². The Morgan fingerprint density at radius 3 is 2.60 bits per heavy atom. The van der Waals surface area contributed by atoms with Crippen molar-refractivity contribution in [2.24, 2.45) is 5.92 Å². The minimum absolute atomic E-state index is 0.185. The van der Waals surface area contributed by atoms with Crippen LogP contribution in [0.4, 0.5) is 8.78 Å². The van der Waals surface area contributed by atoms with Gasteiger partial charge in [-0.15, -0.1) is 0 Å². The summed E-state index contributed by atoms with van der Waals surface area (Å²) in [5.74, 6) is 0.702. The van der Waals surface area contributed by atoms with E-state index in [0.717, 1.165) is 12.0 Å². The van der Waals surface area contributed by atoms with Gasteiger partial charge in [-0.05, 0) is 24.1 Å². The number of aliphatic hydroxyl groups excluding tert-OH is 1. The first kappa shape index (κ1) is 14.9. The van der Waals surface area contributed by atoms with Crippen LogP contribution in [0.25, 0.3) is 0 Å². The molecule has 0 bridgehead atoms. The highest BCUT2D eigenvalue weighted by molar-refractivity contribution is 5.27. The Kier molecular flexibility index (Phi) is 5.49. The number of hydrogen-bond acceptors (Lipinski definition) is 3. The van der Waals surface area contributed by atoms with Gasteiger partial charge in [0.2, 0.25) is 0 Å². The zero-order valence-corrected chi connectivity index (χ0v) is 11.1. The number of nitrogens with one attached hydrogen (secondary N) is 1. The second kappa shape index (κ2) is 7.36. The molecule has 3 nitrogen and oxygen atoms in total. The topological polar surface area (TPSA) is 41.5 Å². The molecule has 110 valence electrons. The van der Waals surface area contributed by atoms with E-state index in [-0.39, 0.29) is 18.6 Å². The Labute approximate surface area is 117 Å².